The van der Waals surface area contributed by atoms with Crippen molar-refractivity contribution in [2.24, 2.45) is 0 Å². The second-order valence-corrected chi connectivity index (χ2v) is 5.51. The number of nitrogens with one attached hydrogen (secondary N) is 1. The van der Waals surface area contributed by atoms with Gasteiger partial charge in [0.15, 0.2) is 0 Å². The van der Waals surface area contributed by atoms with Gasteiger partial charge in [0.2, 0.25) is 0 Å². The number of hydrogen-bond acceptors (Lipinski definition) is 3. The van der Waals surface area contributed by atoms with Crippen molar-refractivity contribution in [1.82, 2.24) is 0 Å². The highest BCUT2D eigenvalue weighted by Gasteiger charge is 2.10. The molecule has 0 saturated heterocycles. The number of anilines is 1. The van der Waals surface area contributed by atoms with Crippen molar-refractivity contribution in [3.8, 4) is 11.5 Å². The fourth-order valence-electron chi connectivity index (χ4n) is 1.94. The van der Waals surface area contributed by atoms with Crippen LogP contribution in [0.1, 0.15) is 17.3 Å². The zero-order valence-electron chi connectivity index (χ0n) is 12.8. The minimum absolute atomic E-state index is 0.199. The molecule has 2 aromatic carbocycles. The van der Waals surface area contributed by atoms with Crippen molar-refractivity contribution < 1.29 is 14.3 Å². The van der Waals surface area contributed by atoms with Crippen LogP contribution in [0.5, 0.6) is 11.5 Å². The molecule has 2 rings (SSSR count). The van der Waals surface area contributed by atoms with Crippen molar-refractivity contribution >= 4 is 27.5 Å². The molecular formula is C18H18BrNO3. The van der Waals surface area contributed by atoms with E-state index in [4.69, 9.17) is 9.47 Å². The van der Waals surface area contributed by atoms with Crippen molar-refractivity contribution in [2.75, 3.05) is 18.5 Å². The van der Waals surface area contributed by atoms with Crippen molar-refractivity contribution in [3.63, 3.8) is 0 Å². The van der Waals surface area contributed by atoms with E-state index in [0.717, 1.165) is 4.47 Å². The van der Waals surface area contributed by atoms with Crippen LogP contribution in [0.25, 0.3) is 0 Å². The summed E-state index contributed by atoms with van der Waals surface area (Å²) in [5.74, 6) is 1.19. The highest BCUT2D eigenvalue weighted by atomic mass is 79.9. The number of halogens is 1. The molecule has 0 bridgehead atoms. The third kappa shape index (κ3) is 4.86. The van der Waals surface area contributed by atoms with E-state index >= 15 is 0 Å². The first-order valence-corrected chi connectivity index (χ1v) is 8.00. The summed E-state index contributed by atoms with van der Waals surface area (Å²) in [4.78, 5) is 12.3. The van der Waals surface area contributed by atoms with Gasteiger partial charge < -0.3 is 14.8 Å². The van der Waals surface area contributed by atoms with Crippen molar-refractivity contribution in [3.05, 3.63) is 65.2 Å². The summed E-state index contributed by atoms with van der Waals surface area (Å²) in [5.41, 5.74) is 1.21. The van der Waals surface area contributed by atoms with Gasteiger partial charge in [-0.25, -0.2) is 0 Å². The Bertz CT molecular complexity index is 700. The number of hydrogen-bond donors (Lipinski definition) is 1. The van der Waals surface area contributed by atoms with Gasteiger partial charge in [-0.15, -0.1) is 0 Å². The highest BCUT2D eigenvalue weighted by molar-refractivity contribution is 9.10. The summed E-state index contributed by atoms with van der Waals surface area (Å²) in [6.45, 7) is 6.51. The average molecular weight is 376 g/mol. The first-order chi connectivity index (χ1) is 11.1. The molecule has 0 spiro atoms. The fraction of sp³-hybridized carbons (Fsp3) is 0.167. The van der Waals surface area contributed by atoms with Gasteiger partial charge in [0.25, 0.3) is 5.91 Å². The van der Waals surface area contributed by atoms with E-state index in [-0.39, 0.29) is 5.91 Å². The molecule has 23 heavy (non-hydrogen) atoms. The molecule has 0 atom stereocenters. The molecule has 5 heteroatoms. The molecule has 0 unspecified atom stereocenters. The second kappa shape index (κ2) is 8.39. The number of ether oxygens (including phenoxy) is 2. The van der Waals surface area contributed by atoms with Gasteiger partial charge >= 0.3 is 0 Å². The largest absolute Gasteiger partial charge is 0.493 e. The maximum atomic E-state index is 12.3. The maximum absolute atomic E-state index is 12.3. The molecule has 4 nitrogen and oxygen atoms in total. The first kappa shape index (κ1) is 17.1. The van der Waals surface area contributed by atoms with Gasteiger partial charge in [-0.1, -0.05) is 18.7 Å². The van der Waals surface area contributed by atoms with Gasteiger partial charge in [-0.3, -0.25) is 4.79 Å². The molecule has 0 fully saturated rings. The Balaban J connectivity index is 2.09. The number of rotatable bonds is 7. The molecule has 120 valence electrons. The zero-order valence-corrected chi connectivity index (χ0v) is 14.4. The Hall–Kier alpha value is -2.27. The molecule has 0 aliphatic carbocycles. The molecule has 2 aromatic rings. The Labute approximate surface area is 144 Å². The van der Waals surface area contributed by atoms with E-state index in [9.17, 15) is 4.79 Å². The second-order valence-electron chi connectivity index (χ2n) is 4.66. The fourth-order valence-corrected chi connectivity index (χ4v) is 2.43. The lowest BCUT2D eigenvalue weighted by Gasteiger charge is -2.10. The van der Waals surface area contributed by atoms with Crippen LogP contribution in [0.3, 0.4) is 0 Å². The molecule has 0 radical (unpaired) electrons. The molecule has 0 aromatic heterocycles. The summed E-state index contributed by atoms with van der Waals surface area (Å²) in [6.07, 6.45) is 1.67. The van der Waals surface area contributed by atoms with Crippen LogP contribution in [0.15, 0.2) is 59.6 Å². The van der Waals surface area contributed by atoms with Crippen LogP contribution in [-0.4, -0.2) is 19.1 Å². The molecule has 0 saturated carbocycles. The summed E-state index contributed by atoms with van der Waals surface area (Å²) in [6, 6.07) is 12.5. The van der Waals surface area contributed by atoms with E-state index in [1.807, 2.05) is 25.1 Å². The lowest BCUT2D eigenvalue weighted by atomic mass is 10.2. The Morgan fingerprint density at radius 3 is 2.78 bits per heavy atom. The Morgan fingerprint density at radius 2 is 2.09 bits per heavy atom. The van der Waals surface area contributed by atoms with E-state index in [1.54, 1.807) is 30.3 Å². The molecule has 0 aliphatic heterocycles. The third-order valence-corrected chi connectivity index (χ3v) is 3.57. The van der Waals surface area contributed by atoms with Crippen molar-refractivity contribution in [2.45, 2.75) is 6.92 Å². The SMILES string of the molecule is C=CCOc1cccc(NC(=O)c2ccc(OCC)c(Br)c2)c1. The normalized spacial score (nSPS) is 10.0. The summed E-state index contributed by atoms with van der Waals surface area (Å²) >= 11 is 3.41. The third-order valence-electron chi connectivity index (χ3n) is 2.95. The predicted octanol–water partition coefficient (Wildman–Crippen LogP) is 4.66. The Kier molecular flexibility index (Phi) is 6.23. The zero-order chi connectivity index (χ0) is 16.7. The molecular weight excluding hydrogens is 358 g/mol. The van der Waals surface area contributed by atoms with Crippen molar-refractivity contribution in [1.29, 1.82) is 0 Å². The lowest BCUT2D eigenvalue weighted by Crippen LogP contribution is -2.12. The standard InChI is InChI=1S/C18H18BrNO3/c1-3-10-23-15-7-5-6-14(12-15)20-18(21)13-8-9-17(22-4-2)16(19)11-13/h3,5-9,11-12H,1,4,10H2,2H3,(H,20,21). The van der Waals surface area contributed by atoms with Crippen LogP contribution in [0, 0.1) is 0 Å². The number of amides is 1. The van der Waals surface area contributed by atoms with Gasteiger partial charge in [0.05, 0.1) is 11.1 Å². The highest BCUT2D eigenvalue weighted by Crippen LogP contribution is 2.26. The number of carbonyl (C=O) groups excluding carboxylic acids is 1. The topological polar surface area (TPSA) is 47.6 Å². The summed E-state index contributed by atoms with van der Waals surface area (Å²) in [5, 5.41) is 2.85. The predicted molar refractivity (Wildman–Crippen MR) is 95.4 cm³/mol. The van der Waals surface area contributed by atoms with E-state index < -0.39 is 0 Å². The molecule has 0 heterocycles. The first-order valence-electron chi connectivity index (χ1n) is 7.21. The minimum atomic E-state index is -0.199. The molecule has 1 amide bonds. The monoisotopic (exact) mass is 375 g/mol. The van der Waals surface area contributed by atoms with Gasteiger partial charge in [0.1, 0.15) is 18.1 Å². The van der Waals surface area contributed by atoms with Gasteiger partial charge in [0, 0.05) is 17.3 Å². The van der Waals surface area contributed by atoms with Crippen LogP contribution < -0.4 is 14.8 Å². The van der Waals surface area contributed by atoms with Crippen LogP contribution in [-0.2, 0) is 0 Å². The van der Waals surface area contributed by atoms with E-state index in [2.05, 4.69) is 27.8 Å². The summed E-state index contributed by atoms with van der Waals surface area (Å²) < 4.78 is 11.6. The van der Waals surface area contributed by atoms with Crippen LogP contribution in [0.4, 0.5) is 5.69 Å². The number of carbonyl (C=O) groups is 1. The Morgan fingerprint density at radius 1 is 1.26 bits per heavy atom. The maximum Gasteiger partial charge on any atom is 0.255 e. The van der Waals surface area contributed by atoms with E-state index in [0.29, 0.717) is 36.0 Å². The minimum Gasteiger partial charge on any atom is -0.493 e. The number of benzene rings is 2. The average Bonchev–Trinajstić information content (AvgIpc) is 2.55. The quantitative estimate of drug-likeness (QED) is 0.715. The molecule has 1 N–H and O–H groups in total. The summed E-state index contributed by atoms with van der Waals surface area (Å²) in [7, 11) is 0. The lowest BCUT2D eigenvalue weighted by molar-refractivity contribution is 0.102. The smallest absolute Gasteiger partial charge is 0.255 e. The van der Waals surface area contributed by atoms with Crippen LogP contribution >= 0.6 is 15.9 Å². The van der Waals surface area contributed by atoms with Crippen LogP contribution in [0.2, 0.25) is 0 Å². The van der Waals surface area contributed by atoms with Gasteiger partial charge in [-0.05, 0) is 53.2 Å². The van der Waals surface area contributed by atoms with Gasteiger partial charge in [-0.2, -0.15) is 0 Å². The van der Waals surface area contributed by atoms with E-state index in [1.165, 1.54) is 0 Å². The molecule has 0 aliphatic rings.